The minimum atomic E-state index is -3.50. The molecule has 3 aromatic rings. The van der Waals surface area contributed by atoms with Crippen LogP contribution in [0.5, 0.6) is 0 Å². The van der Waals surface area contributed by atoms with Crippen molar-refractivity contribution in [2.45, 2.75) is 25.3 Å². The van der Waals surface area contributed by atoms with E-state index in [9.17, 15) is 12.8 Å². The lowest BCUT2D eigenvalue weighted by molar-refractivity contribution is 0.182. The molecule has 0 amide bonds. The Hall–Kier alpha value is -2.35. The first kappa shape index (κ1) is 19.9. The highest BCUT2D eigenvalue weighted by atomic mass is 32.2. The molecule has 1 aromatic heterocycles. The predicted molar refractivity (Wildman–Crippen MR) is 112 cm³/mol. The fourth-order valence-electron chi connectivity index (χ4n) is 3.74. The second kappa shape index (κ2) is 7.82. The van der Waals surface area contributed by atoms with E-state index in [1.807, 2.05) is 26.0 Å². The maximum Gasteiger partial charge on any atom is 0.243 e. The SMILES string of the molecule is Cc1ccc(S(=O)(=O)N2CCN(Cc3cc(F)cc4cccnc34)CC2)cc1C. The van der Waals surface area contributed by atoms with Crippen molar-refractivity contribution in [3.8, 4) is 0 Å². The molecule has 29 heavy (non-hydrogen) atoms. The highest BCUT2D eigenvalue weighted by Gasteiger charge is 2.29. The van der Waals surface area contributed by atoms with Crippen LogP contribution in [0.15, 0.2) is 53.6 Å². The molecule has 4 rings (SSSR count). The van der Waals surface area contributed by atoms with Gasteiger partial charge in [0.15, 0.2) is 0 Å². The zero-order valence-corrected chi connectivity index (χ0v) is 17.4. The molecular formula is C22H24FN3O2S. The van der Waals surface area contributed by atoms with Gasteiger partial charge in [0.05, 0.1) is 10.4 Å². The number of halogens is 1. The molecule has 5 nitrogen and oxygen atoms in total. The average molecular weight is 414 g/mol. The summed E-state index contributed by atoms with van der Waals surface area (Å²) in [6, 6.07) is 11.9. The van der Waals surface area contributed by atoms with Gasteiger partial charge < -0.3 is 0 Å². The number of aryl methyl sites for hydroxylation is 2. The van der Waals surface area contributed by atoms with Gasteiger partial charge in [-0.15, -0.1) is 0 Å². The van der Waals surface area contributed by atoms with Crippen molar-refractivity contribution in [3.05, 3.63) is 71.2 Å². The number of aromatic nitrogens is 1. The second-order valence-electron chi connectivity index (χ2n) is 7.57. The van der Waals surface area contributed by atoms with E-state index in [2.05, 4.69) is 9.88 Å². The number of hydrogen-bond acceptors (Lipinski definition) is 4. The molecule has 2 aromatic carbocycles. The summed E-state index contributed by atoms with van der Waals surface area (Å²) in [5, 5.41) is 0.776. The first-order chi connectivity index (χ1) is 13.8. The Bertz CT molecular complexity index is 1160. The Morgan fingerprint density at radius 1 is 1.00 bits per heavy atom. The van der Waals surface area contributed by atoms with E-state index in [1.54, 1.807) is 24.4 Å². The maximum atomic E-state index is 14.0. The Balaban J connectivity index is 1.48. The van der Waals surface area contributed by atoms with Crippen LogP contribution in [0.1, 0.15) is 16.7 Å². The van der Waals surface area contributed by atoms with Gasteiger partial charge >= 0.3 is 0 Å². The molecule has 1 fully saturated rings. The zero-order valence-electron chi connectivity index (χ0n) is 16.6. The van der Waals surface area contributed by atoms with Crippen LogP contribution < -0.4 is 0 Å². The zero-order chi connectivity index (χ0) is 20.6. The summed E-state index contributed by atoms with van der Waals surface area (Å²) < 4.78 is 41.5. The van der Waals surface area contributed by atoms with E-state index in [-0.39, 0.29) is 5.82 Å². The fraction of sp³-hybridized carbons (Fsp3) is 0.318. The lowest BCUT2D eigenvalue weighted by Crippen LogP contribution is -2.48. The highest BCUT2D eigenvalue weighted by molar-refractivity contribution is 7.89. The molecule has 1 aliphatic rings. The first-order valence-corrected chi connectivity index (χ1v) is 11.1. The first-order valence-electron chi connectivity index (χ1n) is 9.67. The summed E-state index contributed by atoms with van der Waals surface area (Å²) in [6.07, 6.45) is 1.71. The van der Waals surface area contributed by atoms with Crippen molar-refractivity contribution in [2.24, 2.45) is 0 Å². The summed E-state index contributed by atoms with van der Waals surface area (Å²) in [4.78, 5) is 6.89. The van der Waals surface area contributed by atoms with Gasteiger partial charge in [0.25, 0.3) is 0 Å². The molecule has 0 radical (unpaired) electrons. The number of rotatable bonds is 4. The molecular weight excluding hydrogens is 389 g/mol. The van der Waals surface area contributed by atoms with Crippen LogP contribution in [-0.4, -0.2) is 48.8 Å². The van der Waals surface area contributed by atoms with Crippen LogP contribution in [0.3, 0.4) is 0 Å². The second-order valence-corrected chi connectivity index (χ2v) is 9.50. The van der Waals surface area contributed by atoms with Gasteiger partial charge in [0.2, 0.25) is 10.0 Å². The van der Waals surface area contributed by atoms with E-state index in [1.165, 1.54) is 16.4 Å². The number of sulfonamides is 1. The van der Waals surface area contributed by atoms with Crippen LogP contribution in [0.4, 0.5) is 4.39 Å². The fourth-order valence-corrected chi connectivity index (χ4v) is 5.25. The van der Waals surface area contributed by atoms with Crippen molar-refractivity contribution < 1.29 is 12.8 Å². The summed E-state index contributed by atoms with van der Waals surface area (Å²) in [5.41, 5.74) is 3.66. The van der Waals surface area contributed by atoms with Crippen molar-refractivity contribution in [1.82, 2.24) is 14.2 Å². The van der Waals surface area contributed by atoms with Gasteiger partial charge in [-0.05, 0) is 60.9 Å². The average Bonchev–Trinajstić information content (AvgIpc) is 2.70. The van der Waals surface area contributed by atoms with E-state index in [4.69, 9.17) is 0 Å². The van der Waals surface area contributed by atoms with Gasteiger partial charge in [0.1, 0.15) is 5.82 Å². The number of fused-ring (bicyclic) bond motifs is 1. The summed E-state index contributed by atoms with van der Waals surface area (Å²) >= 11 is 0. The largest absolute Gasteiger partial charge is 0.296 e. The van der Waals surface area contributed by atoms with Crippen molar-refractivity contribution in [1.29, 1.82) is 0 Å². The maximum absolute atomic E-state index is 14.0. The number of hydrogen-bond donors (Lipinski definition) is 0. The molecule has 0 bridgehead atoms. The minimum absolute atomic E-state index is 0.281. The van der Waals surface area contributed by atoms with Gasteiger partial charge in [0, 0.05) is 44.3 Å². The third kappa shape index (κ3) is 4.03. The molecule has 1 aliphatic heterocycles. The van der Waals surface area contributed by atoms with E-state index < -0.39 is 10.0 Å². The minimum Gasteiger partial charge on any atom is -0.296 e. The van der Waals surface area contributed by atoms with Gasteiger partial charge in [-0.2, -0.15) is 4.31 Å². The standard InChI is InChI=1S/C22H24FN3O2S/c1-16-5-6-21(12-17(16)2)29(27,28)26-10-8-25(9-11-26)15-19-14-20(23)13-18-4-3-7-24-22(18)19/h3-7,12-14H,8-11,15H2,1-2H3. The van der Waals surface area contributed by atoms with Crippen molar-refractivity contribution in [2.75, 3.05) is 26.2 Å². The van der Waals surface area contributed by atoms with Crippen LogP contribution in [-0.2, 0) is 16.6 Å². The highest BCUT2D eigenvalue weighted by Crippen LogP contribution is 2.23. The molecule has 0 aliphatic carbocycles. The number of pyridine rings is 1. The molecule has 7 heteroatoms. The normalized spacial score (nSPS) is 16.4. The number of piperazine rings is 1. The van der Waals surface area contributed by atoms with E-state index >= 15 is 0 Å². The predicted octanol–water partition coefficient (Wildman–Crippen LogP) is 3.50. The lowest BCUT2D eigenvalue weighted by Gasteiger charge is -2.34. The van der Waals surface area contributed by atoms with Gasteiger partial charge in [-0.3, -0.25) is 9.88 Å². The molecule has 0 atom stereocenters. The van der Waals surface area contributed by atoms with Crippen LogP contribution in [0.25, 0.3) is 10.9 Å². The number of nitrogens with zero attached hydrogens (tertiary/aromatic N) is 3. The molecule has 2 heterocycles. The number of benzene rings is 2. The Kier molecular flexibility index (Phi) is 5.38. The van der Waals surface area contributed by atoms with Crippen molar-refractivity contribution >= 4 is 20.9 Å². The molecule has 0 spiro atoms. The quantitative estimate of drug-likeness (QED) is 0.657. The van der Waals surface area contributed by atoms with E-state index in [0.717, 1.165) is 27.6 Å². The van der Waals surface area contributed by atoms with Crippen LogP contribution >= 0.6 is 0 Å². The molecule has 0 unspecified atom stereocenters. The summed E-state index contributed by atoms with van der Waals surface area (Å²) in [6.45, 7) is 6.44. The van der Waals surface area contributed by atoms with Crippen LogP contribution in [0, 0.1) is 19.7 Å². The Morgan fingerprint density at radius 2 is 1.76 bits per heavy atom. The third-order valence-corrected chi connectivity index (χ3v) is 7.48. The van der Waals surface area contributed by atoms with Gasteiger partial charge in [-0.1, -0.05) is 12.1 Å². The monoisotopic (exact) mass is 413 g/mol. The topological polar surface area (TPSA) is 53.5 Å². The smallest absolute Gasteiger partial charge is 0.243 e. The third-order valence-electron chi connectivity index (χ3n) is 5.59. The van der Waals surface area contributed by atoms with Gasteiger partial charge in [-0.25, -0.2) is 12.8 Å². The molecule has 1 saturated heterocycles. The Labute approximate surface area is 170 Å². The molecule has 0 saturated carbocycles. The van der Waals surface area contributed by atoms with Crippen molar-refractivity contribution in [3.63, 3.8) is 0 Å². The Morgan fingerprint density at radius 3 is 2.48 bits per heavy atom. The summed E-state index contributed by atoms with van der Waals surface area (Å²) in [5.74, 6) is -0.281. The molecule has 0 N–H and O–H groups in total. The van der Waals surface area contributed by atoms with E-state index in [0.29, 0.717) is 37.6 Å². The summed E-state index contributed by atoms with van der Waals surface area (Å²) in [7, 11) is -3.50. The van der Waals surface area contributed by atoms with Crippen LogP contribution in [0.2, 0.25) is 0 Å². The lowest BCUT2D eigenvalue weighted by atomic mass is 10.1. The molecule has 152 valence electrons.